The zero-order valence-corrected chi connectivity index (χ0v) is 13.2. The van der Waals surface area contributed by atoms with Gasteiger partial charge in [0.25, 0.3) is 0 Å². The van der Waals surface area contributed by atoms with E-state index in [9.17, 15) is 4.79 Å². The van der Waals surface area contributed by atoms with E-state index < -0.39 is 0 Å². The van der Waals surface area contributed by atoms with Gasteiger partial charge in [0.2, 0.25) is 0 Å². The van der Waals surface area contributed by atoms with Crippen LogP contribution < -0.4 is 5.73 Å². The zero-order chi connectivity index (χ0) is 14.7. The van der Waals surface area contributed by atoms with Crippen molar-refractivity contribution < 1.29 is 4.79 Å². The zero-order valence-electron chi connectivity index (χ0n) is 11.6. The molecule has 5 heteroatoms. The molecule has 1 aromatic heterocycles. The minimum absolute atomic E-state index is 0.113. The van der Waals surface area contributed by atoms with E-state index in [1.54, 1.807) is 4.68 Å². The summed E-state index contributed by atoms with van der Waals surface area (Å²) in [7, 11) is 1.85. The highest BCUT2D eigenvalue weighted by atomic mass is 79.9. The van der Waals surface area contributed by atoms with E-state index in [1.807, 2.05) is 44.3 Å². The lowest BCUT2D eigenvalue weighted by Crippen LogP contribution is -2.24. The summed E-state index contributed by atoms with van der Waals surface area (Å²) >= 11 is 3.49. The third-order valence-electron chi connectivity index (χ3n) is 3.43. The van der Waals surface area contributed by atoms with Crippen molar-refractivity contribution in [3.63, 3.8) is 0 Å². The number of hydrogen-bond acceptors (Lipinski definition) is 3. The number of benzene rings is 1. The van der Waals surface area contributed by atoms with Crippen LogP contribution in [-0.4, -0.2) is 22.1 Å². The molecule has 0 saturated carbocycles. The normalized spacial score (nSPS) is 12.4. The van der Waals surface area contributed by atoms with Crippen molar-refractivity contribution in [2.45, 2.75) is 19.3 Å². The predicted octanol–water partition coefficient (Wildman–Crippen LogP) is 2.35. The number of nitrogens with two attached hydrogens (primary N) is 1. The van der Waals surface area contributed by atoms with Gasteiger partial charge in [-0.1, -0.05) is 30.3 Å². The van der Waals surface area contributed by atoms with Crippen LogP contribution in [-0.2, 0) is 18.3 Å². The second kappa shape index (κ2) is 6.33. The van der Waals surface area contributed by atoms with E-state index in [2.05, 4.69) is 21.0 Å². The SMILES string of the molecule is Cc1nn(C)c(CC(=O)C(CN)c2ccccc2)c1Br. The average Bonchev–Trinajstić information content (AvgIpc) is 2.67. The van der Waals surface area contributed by atoms with Gasteiger partial charge >= 0.3 is 0 Å². The van der Waals surface area contributed by atoms with Crippen LogP contribution in [0.25, 0.3) is 0 Å². The topological polar surface area (TPSA) is 60.9 Å². The Hall–Kier alpha value is -1.46. The summed E-state index contributed by atoms with van der Waals surface area (Å²) in [6.07, 6.45) is 0.328. The molecule has 0 radical (unpaired) electrons. The smallest absolute Gasteiger partial charge is 0.147 e. The summed E-state index contributed by atoms with van der Waals surface area (Å²) in [6, 6.07) is 9.67. The lowest BCUT2D eigenvalue weighted by atomic mass is 9.92. The molecular formula is C15H18BrN3O. The van der Waals surface area contributed by atoms with Crippen LogP contribution in [0.4, 0.5) is 0 Å². The van der Waals surface area contributed by atoms with Crippen LogP contribution in [0.5, 0.6) is 0 Å². The van der Waals surface area contributed by atoms with Crippen LogP contribution in [0.15, 0.2) is 34.8 Å². The number of rotatable bonds is 5. The highest BCUT2D eigenvalue weighted by molar-refractivity contribution is 9.10. The molecule has 20 heavy (non-hydrogen) atoms. The van der Waals surface area contributed by atoms with Gasteiger partial charge in [0.15, 0.2) is 0 Å². The van der Waals surface area contributed by atoms with E-state index in [1.165, 1.54) is 0 Å². The Morgan fingerprint density at radius 2 is 2.05 bits per heavy atom. The Labute approximate surface area is 127 Å². The largest absolute Gasteiger partial charge is 0.329 e. The molecule has 0 aliphatic carbocycles. The first-order chi connectivity index (χ1) is 9.54. The van der Waals surface area contributed by atoms with Crippen molar-refractivity contribution in [1.82, 2.24) is 9.78 Å². The number of nitrogens with zero attached hydrogens (tertiary/aromatic N) is 2. The molecule has 0 fully saturated rings. The maximum absolute atomic E-state index is 12.5. The summed E-state index contributed by atoms with van der Waals surface area (Å²) in [6.45, 7) is 2.23. The Morgan fingerprint density at radius 1 is 1.40 bits per heavy atom. The Kier molecular flexibility index (Phi) is 4.73. The van der Waals surface area contributed by atoms with E-state index >= 15 is 0 Å². The Balaban J connectivity index is 2.22. The van der Waals surface area contributed by atoms with Crippen LogP contribution in [0.1, 0.15) is 22.9 Å². The summed E-state index contributed by atoms with van der Waals surface area (Å²) in [5, 5.41) is 4.31. The summed E-state index contributed by atoms with van der Waals surface area (Å²) < 4.78 is 2.65. The van der Waals surface area contributed by atoms with Gasteiger partial charge < -0.3 is 5.73 Å². The van der Waals surface area contributed by atoms with Gasteiger partial charge in [-0.3, -0.25) is 9.48 Å². The fourth-order valence-electron chi connectivity index (χ4n) is 2.30. The van der Waals surface area contributed by atoms with Gasteiger partial charge in [-0.05, 0) is 28.4 Å². The van der Waals surface area contributed by atoms with Crippen LogP contribution in [0.2, 0.25) is 0 Å². The van der Waals surface area contributed by atoms with Gasteiger partial charge in [0, 0.05) is 13.6 Å². The van der Waals surface area contributed by atoms with Crippen molar-refractivity contribution in [3.8, 4) is 0 Å². The van der Waals surface area contributed by atoms with Crippen LogP contribution in [0, 0.1) is 6.92 Å². The second-order valence-electron chi connectivity index (χ2n) is 4.81. The number of aromatic nitrogens is 2. The molecule has 1 heterocycles. The van der Waals surface area contributed by atoms with Crippen LogP contribution >= 0.6 is 15.9 Å². The fraction of sp³-hybridized carbons (Fsp3) is 0.333. The van der Waals surface area contributed by atoms with Crippen molar-refractivity contribution in [3.05, 3.63) is 51.8 Å². The highest BCUT2D eigenvalue weighted by Gasteiger charge is 2.22. The number of carbonyl (C=O) groups is 1. The molecule has 2 rings (SSSR count). The summed E-state index contributed by atoms with van der Waals surface area (Å²) in [5.74, 6) is -0.152. The molecule has 1 atom stereocenters. The number of ketones is 1. The standard InChI is InChI=1S/C15H18BrN3O/c1-10-15(16)13(19(2)18-10)8-14(20)12(9-17)11-6-4-3-5-7-11/h3-7,12H,8-9,17H2,1-2H3. The molecule has 4 nitrogen and oxygen atoms in total. The van der Waals surface area contributed by atoms with Crippen molar-refractivity contribution in [2.75, 3.05) is 6.54 Å². The van der Waals surface area contributed by atoms with E-state index in [0.717, 1.165) is 21.4 Å². The molecule has 2 N–H and O–H groups in total. The van der Waals surface area contributed by atoms with E-state index in [4.69, 9.17) is 5.73 Å². The van der Waals surface area contributed by atoms with E-state index in [-0.39, 0.29) is 11.7 Å². The number of hydrogen-bond donors (Lipinski definition) is 1. The van der Waals surface area contributed by atoms with Crippen molar-refractivity contribution in [1.29, 1.82) is 0 Å². The molecule has 106 valence electrons. The quantitative estimate of drug-likeness (QED) is 0.912. The van der Waals surface area contributed by atoms with Gasteiger partial charge in [0.05, 0.1) is 28.2 Å². The summed E-state index contributed by atoms with van der Waals surface area (Å²) in [5.41, 5.74) is 8.53. The van der Waals surface area contributed by atoms with Gasteiger partial charge in [-0.2, -0.15) is 5.10 Å². The minimum Gasteiger partial charge on any atom is -0.329 e. The first kappa shape index (κ1) is 14.9. The Bertz CT molecular complexity index is 607. The monoisotopic (exact) mass is 335 g/mol. The molecule has 0 bridgehead atoms. The first-order valence-corrected chi connectivity index (χ1v) is 7.29. The average molecular weight is 336 g/mol. The molecular weight excluding hydrogens is 318 g/mol. The maximum atomic E-state index is 12.5. The minimum atomic E-state index is -0.265. The number of carbonyl (C=O) groups excluding carboxylic acids is 1. The number of Topliss-reactive ketones (excluding diaryl/α,β-unsaturated/α-hetero) is 1. The molecule has 0 aliphatic rings. The molecule has 0 saturated heterocycles. The maximum Gasteiger partial charge on any atom is 0.147 e. The lowest BCUT2D eigenvalue weighted by Gasteiger charge is -2.14. The highest BCUT2D eigenvalue weighted by Crippen LogP contribution is 2.24. The molecule has 2 aromatic rings. The third-order valence-corrected chi connectivity index (χ3v) is 4.46. The van der Waals surface area contributed by atoms with Crippen molar-refractivity contribution in [2.24, 2.45) is 12.8 Å². The fourth-order valence-corrected chi connectivity index (χ4v) is 2.78. The molecule has 0 amide bonds. The molecule has 0 aliphatic heterocycles. The van der Waals surface area contributed by atoms with Crippen molar-refractivity contribution >= 4 is 21.7 Å². The van der Waals surface area contributed by atoms with Crippen LogP contribution in [0.3, 0.4) is 0 Å². The molecule has 0 spiro atoms. The lowest BCUT2D eigenvalue weighted by molar-refractivity contribution is -0.119. The van der Waals surface area contributed by atoms with Gasteiger partial charge in [-0.15, -0.1) is 0 Å². The third kappa shape index (κ3) is 2.99. The van der Waals surface area contributed by atoms with Gasteiger partial charge in [-0.25, -0.2) is 0 Å². The predicted molar refractivity (Wildman–Crippen MR) is 82.6 cm³/mol. The van der Waals surface area contributed by atoms with Gasteiger partial charge in [0.1, 0.15) is 5.78 Å². The summed E-state index contributed by atoms with van der Waals surface area (Å²) in [4.78, 5) is 12.5. The van der Waals surface area contributed by atoms with E-state index in [0.29, 0.717) is 13.0 Å². The number of aryl methyl sites for hydroxylation is 2. The molecule has 1 unspecified atom stereocenters. The second-order valence-corrected chi connectivity index (χ2v) is 5.60. The first-order valence-electron chi connectivity index (χ1n) is 6.50. The Morgan fingerprint density at radius 3 is 2.55 bits per heavy atom. The number of halogens is 1. The molecule has 1 aromatic carbocycles.